The highest BCUT2D eigenvalue weighted by Gasteiger charge is 2.30. The highest BCUT2D eigenvalue weighted by atomic mass is 32.2. The van der Waals surface area contributed by atoms with Gasteiger partial charge in [-0.2, -0.15) is 0 Å². The summed E-state index contributed by atoms with van der Waals surface area (Å²) in [6.07, 6.45) is 0. The van der Waals surface area contributed by atoms with E-state index in [4.69, 9.17) is 4.42 Å². The van der Waals surface area contributed by atoms with Gasteiger partial charge in [0.05, 0.1) is 5.56 Å². The van der Waals surface area contributed by atoms with Gasteiger partial charge in [0.15, 0.2) is 0 Å². The third kappa shape index (κ3) is 3.68. The third-order valence-electron chi connectivity index (χ3n) is 4.55. The second-order valence-electron chi connectivity index (χ2n) is 6.91. The molecule has 0 saturated heterocycles. The van der Waals surface area contributed by atoms with Crippen LogP contribution in [0.4, 0.5) is 0 Å². The van der Waals surface area contributed by atoms with E-state index in [9.17, 15) is 8.42 Å². The Labute approximate surface area is 159 Å². The summed E-state index contributed by atoms with van der Waals surface area (Å²) < 4.78 is 34.7. The Morgan fingerprint density at radius 2 is 1.78 bits per heavy atom. The van der Waals surface area contributed by atoms with Crippen LogP contribution >= 0.6 is 0 Å². The van der Waals surface area contributed by atoms with E-state index in [1.54, 1.807) is 20.8 Å². The summed E-state index contributed by atoms with van der Waals surface area (Å²) in [6, 6.07) is 5.58. The van der Waals surface area contributed by atoms with Gasteiger partial charge in [-0.15, -0.1) is 10.2 Å². The molecule has 0 aliphatic rings. The molecule has 0 fully saturated rings. The number of hydrogen-bond acceptors (Lipinski definition) is 5. The number of H-pyrrole nitrogens is 1. The van der Waals surface area contributed by atoms with Gasteiger partial charge in [0.1, 0.15) is 4.90 Å². The number of nitrogens with one attached hydrogen (secondary N) is 2. The van der Waals surface area contributed by atoms with Crippen molar-refractivity contribution in [3.05, 3.63) is 52.2 Å². The van der Waals surface area contributed by atoms with E-state index < -0.39 is 10.0 Å². The monoisotopic (exact) mass is 388 g/mol. The molecule has 2 aromatic heterocycles. The summed E-state index contributed by atoms with van der Waals surface area (Å²) in [4.78, 5) is 3.21. The minimum absolute atomic E-state index is 0.139. The topological polar surface area (TPSA) is 101 Å². The SMILES string of the molecule is Cc1ccc(C(C)NS(=O)(=O)c2c(C)[nH]c(C)c2-c2nnc(C)o2)c(C)c1. The van der Waals surface area contributed by atoms with Crippen molar-refractivity contribution in [3.8, 4) is 11.5 Å². The first-order valence-electron chi connectivity index (χ1n) is 8.69. The second-order valence-corrected chi connectivity index (χ2v) is 8.56. The van der Waals surface area contributed by atoms with Crippen LogP contribution < -0.4 is 4.72 Å². The molecule has 27 heavy (non-hydrogen) atoms. The maximum Gasteiger partial charge on any atom is 0.250 e. The number of hydrogen-bond donors (Lipinski definition) is 2. The lowest BCUT2D eigenvalue weighted by Gasteiger charge is -2.17. The average molecular weight is 388 g/mol. The van der Waals surface area contributed by atoms with Crippen molar-refractivity contribution in [2.24, 2.45) is 0 Å². The molecule has 2 heterocycles. The van der Waals surface area contributed by atoms with Gasteiger partial charge in [-0.1, -0.05) is 23.8 Å². The molecule has 3 aromatic rings. The van der Waals surface area contributed by atoms with Crippen LogP contribution in [-0.4, -0.2) is 23.6 Å². The van der Waals surface area contributed by atoms with Gasteiger partial charge < -0.3 is 9.40 Å². The fraction of sp³-hybridized carbons (Fsp3) is 0.368. The minimum Gasteiger partial charge on any atom is -0.421 e. The Morgan fingerprint density at radius 3 is 2.37 bits per heavy atom. The smallest absolute Gasteiger partial charge is 0.250 e. The number of rotatable bonds is 5. The molecule has 0 bridgehead atoms. The van der Waals surface area contributed by atoms with Gasteiger partial charge in [0.25, 0.3) is 5.89 Å². The van der Waals surface area contributed by atoms with Crippen molar-refractivity contribution in [2.75, 3.05) is 0 Å². The van der Waals surface area contributed by atoms with Crippen molar-refractivity contribution < 1.29 is 12.8 Å². The number of aryl methyl sites for hydroxylation is 5. The molecule has 2 N–H and O–H groups in total. The normalized spacial score (nSPS) is 13.1. The lowest BCUT2D eigenvalue weighted by atomic mass is 10.0. The Balaban J connectivity index is 2.03. The van der Waals surface area contributed by atoms with Crippen molar-refractivity contribution in [1.29, 1.82) is 0 Å². The maximum absolute atomic E-state index is 13.2. The Bertz CT molecular complexity index is 1100. The van der Waals surface area contributed by atoms with Crippen LogP contribution in [0.15, 0.2) is 27.5 Å². The highest BCUT2D eigenvalue weighted by Crippen LogP contribution is 2.33. The van der Waals surface area contributed by atoms with Crippen LogP contribution in [0.2, 0.25) is 0 Å². The van der Waals surface area contributed by atoms with Gasteiger partial charge in [-0.25, -0.2) is 13.1 Å². The minimum atomic E-state index is -3.82. The zero-order valence-electron chi connectivity index (χ0n) is 16.3. The summed E-state index contributed by atoms with van der Waals surface area (Å²) in [7, 11) is -3.82. The first-order chi connectivity index (χ1) is 12.6. The van der Waals surface area contributed by atoms with Crippen molar-refractivity contribution >= 4 is 10.0 Å². The molecular weight excluding hydrogens is 364 g/mol. The predicted molar refractivity (Wildman–Crippen MR) is 103 cm³/mol. The Kier molecular flexibility index (Phi) is 4.96. The predicted octanol–water partition coefficient (Wildman–Crippen LogP) is 3.65. The van der Waals surface area contributed by atoms with Crippen LogP contribution in [0.5, 0.6) is 0 Å². The average Bonchev–Trinajstić information content (AvgIpc) is 3.09. The fourth-order valence-electron chi connectivity index (χ4n) is 3.42. The molecule has 144 valence electrons. The van der Waals surface area contributed by atoms with Crippen LogP contribution in [0, 0.1) is 34.6 Å². The molecule has 0 aliphatic carbocycles. The van der Waals surface area contributed by atoms with Gasteiger partial charge in [0.2, 0.25) is 15.9 Å². The van der Waals surface area contributed by atoms with Crippen molar-refractivity contribution in [1.82, 2.24) is 19.9 Å². The first kappa shape index (κ1) is 19.3. The third-order valence-corrected chi connectivity index (χ3v) is 6.26. The zero-order valence-corrected chi connectivity index (χ0v) is 17.2. The molecule has 1 unspecified atom stereocenters. The van der Waals surface area contributed by atoms with E-state index in [0.29, 0.717) is 22.8 Å². The molecular formula is C19H24N4O3S. The molecule has 0 amide bonds. The molecule has 1 aromatic carbocycles. The van der Waals surface area contributed by atoms with Crippen molar-refractivity contribution in [2.45, 2.75) is 52.5 Å². The van der Waals surface area contributed by atoms with E-state index in [0.717, 1.165) is 16.7 Å². The largest absolute Gasteiger partial charge is 0.421 e. The zero-order chi connectivity index (χ0) is 19.9. The summed E-state index contributed by atoms with van der Waals surface area (Å²) in [6.45, 7) is 11.0. The molecule has 8 heteroatoms. The van der Waals surface area contributed by atoms with Gasteiger partial charge >= 0.3 is 0 Å². The highest BCUT2D eigenvalue weighted by molar-refractivity contribution is 7.89. The summed E-state index contributed by atoms with van der Waals surface area (Å²) in [5.74, 6) is 0.567. The summed E-state index contributed by atoms with van der Waals surface area (Å²) in [5.41, 5.74) is 4.71. The number of aromatic amines is 1. The molecule has 0 radical (unpaired) electrons. The van der Waals surface area contributed by atoms with E-state index in [1.165, 1.54) is 0 Å². The standard InChI is InChI=1S/C19H24N4O3S/c1-10-7-8-16(11(2)9-10)12(3)23-27(24,25)18-14(5)20-13(4)17(18)19-22-21-15(6)26-19/h7-9,12,20,23H,1-6H3. The van der Waals surface area contributed by atoms with Crippen LogP contribution in [0.3, 0.4) is 0 Å². The number of sulfonamides is 1. The second kappa shape index (κ2) is 6.94. The van der Waals surface area contributed by atoms with Crippen LogP contribution in [-0.2, 0) is 10.0 Å². The molecule has 0 saturated carbocycles. The maximum atomic E-state index is 13.2. The fourth-order valence-corrected chi connectivity index (χ4v) is 5.09. The van der Waals surface area contributed by atoms with Gasteiger partial charge in [-0.05, 0) is 45.7 Å². The number of aromatic nitrogens is 3. The molecule has 3 rings (SSSR count). The summed E-state index contributed by atoms with van der Waals surface area (Å²) >= 11 is 0. The Morgan fingerprint density at radius 1 is 1.07 bits per heavy atom. The van der Waals surface area contributed by atoms with Crippen LogP contribution in [0.25, 0.3) is 11.5 Å². The first-order valence-corrected chi connectivity index (χ1v) is 10.2. The van der Waals surface area contributed by atoms with Crippen molar-refractivity contribution in [3.63, 3.8) is 0 Å². The van der Waals surface area contributed by atoms with E-state index in [2.05, 4.69) is 19.9 Å². The lowest BCUT2D eigenvalue weighted by molar-refractivity contribution is 0.530. The molecule has 1 atom stereocenters. The molecule has 0 spiro atoms. The van der Waals surface area contributed by atoms with Crippen LogP contribution in [0.1, 0.15) is 46.9 Å². The van der Waals surface area contributed by atoms with Gasteiger partial charge in [-0.3, -0.25) is 0 Å². The van der Waals surface area contributed by atoms with E-state index >= 15 is 0 Å². The number of benzene rings is 1. The lowest BCUT2D eigenvalue weighted by Crippen LogP contribution is -2.28. The van der Waals surface area contributed by atoms with E-state index in [-0.39, 0.29) is 16.8 Å². The van der Waals surface area contributed by atoms with Gasteiger partial charge in [0, 0.05) is 24.4 Å². The molecule has 7 nitrogen and oxygen atoms in total. The molecule has 0 aliphatic heterocycles. The summed E-state index contributed by atoms with van der Waals surface area (Å²) in [5, 5.41) is 7.82. The number of nitrogens with zero attached hydrogens (tertiary/aromatic N) is 2. The quantitative estimate of drug-likeness (QED) is 0.695. The Hall–Kier alpha value is -2.45. The van der Waals surface area contributed by atoms with E-state index in [1.807, 2.05) is 39.0 Å².